The van der Waals surface area contributed by atoms with Crippen molar-refractivity contribution in [3.05, 3.63) is 0 Å². The fourth-order valence-corrected chi connectivity index (χ4v) is 2.09. The molecule has 1 rings (SSSR count). The molecule has 0 saturated carbocycles. The van der Waals surface area contributed by atoms with E-state index in [1.54, 1.807) is 0 Å². The Morgan fingerprint density at radius 3 is 2.59 bits per heavy atom. The van der Waals surface area contributed by atoms with Gasteiger partial charge in [-0.25, -0.2) is 0 Å². The zero-order chi connectivity index (χ0) is 12.7. The van der Waals surface area contributed by atoms with Crippen LogP contribution in [0.25, 0.3) is 0 Å². The number of carbonyl (C=O) groups is 1. The molecule has 1 aliphatic rings. The molecule has 1 heterocycles. The fourth-order valence-electron chi connectivity index (χ4n) is 1.84. The van der Waals surface area contributed by atoms with Crippen molar-refractivity contribution in [2.45, 2.75) is 43.1 Å². The maximum atomic E-state index is 11.4. The molecule has 1 aliphatic heterocycles. The Bertz CT molecular complexity index is 306. The van der Waals surface area contributed by atoms with Crippen molar-refractivity contribution in [2.24, 2.45) is 0 Å². The van der Waals surface area contributed by atoms with Gasteiger partial charge in [0.2, 0.25) is 0 Å². The summed E-state index contributed by atoms with van der Waals surface area (Å²) in [5.41, 5.74) is 0. The number of carbonyl (C=O) groups excluding carboxylic acids is 1. The van der Waals surface area contributed by atoms with Gasteiger partial charge in [-0.1, -0.05) is 34.9 Å². The van der Waals surface area contributed by atoms with Gasteiger partial charge in [-0.2, -0.15) is 0 Å². The van der Waals surface area contributed by atoms with Crippen LogP contribution in [-0.4, -0.2) is 34.0 Å². The summed E-state index contributed by atoms with van der Waals surface area (Å²) < 4.78 is -0.226. The van der Waals surface area contributed by atoms with Crippen LogP contribution < -0.4 is 5.32 Å². The van der Waals surface area contributed by atoms with Crippen LogP contribution in [0.1, 0.15) is 39.5 Å². The van der Waals surface area contributed by atoms with E-state index in [0.29, 0.717) is 0 Å². The van der Waals surface area contributed by atoms with E-state index < -0.39 is 0 Å². The van der Waals surface area contributed by atoms with Crippen LogP contribution in [0.15, 0.2) is 0 Å². The highest BCUT2D eigenvalue weighted by atomic mass is 127. The lowest BCUT2D eigenvalue weighted by Gasteiger charge is -2.25. The van der Waals surface area contributed by atoms with Gasteiger partial charge >= 0.3 is 0 Å². The molecule has 3 nitrogen and oxygen atoms in total. The third-order valence-corrected chi connectivity index (χ3v) is 2.88. The molecule has 1 N–H and O–H groups in total. The van der Waals surface area contributed by atoms with Gasteiger partial charge in [0.1, 0.15) is 0 Å². The standard InChI is InChI=1S/C13H21IN2O/c1-13(2,14)15-12(17)8-4-7-11-16-9-5-3-6-10-16/h3,5-7,9-11H2,1-2H3,(H,15,17). The lowest BCUT2D eigenvalue weighted by molar-refractivity contribution is -0.116. The summed E-state index contributed by atoms with van der Waals surface area (Å²) in [5.74, 6) is 5.42. The van der Waals surface area contributed by atoms with Crippen molar-refractivity contribution in [2.75, 3.05) is 19.6 Å². The molecule has 0 aliphatic carbocycles. The highest BCUT2D eigenvalue weighted by Crippen LogP contribution is 2.11. The topological polar surface area (TPSA) is 32.3 Å². The predicted molar refractivity (Wildman–Crippen MR) is 78.9 cm³/mol. The predicted octanol–water partition coefficient (Wildman–Crippen LogP) is 2.15. The first-order valence-corrected chi connectivity index (χ1v) is 7.27. The second-order valence-electron chi connectivity index (χ2n) is 4.88. The minimum Gasteiger partial charge on any atom is -0.331 e. The smallest absolute Gasteiger partial charge is 0.296 e. The summed E-state index contributed by atoms with van der Waals surface area (Å²) in [6.07, 6.45) is 4.75. The van der Waals surface area contributed by atoms with Gasteiger partial charge in [0.15, 0.2) is 0 Å². The zero-order valence-electron chi connectivity index (χ0n) is 10.7. The number of amides is 1. The third kappa shape index (κ3) is 7.61. The van der Waals surface area contributed by atoms with Crippen LogP contribution in [-0.2, 0) is 4.79 Å². The van der Waals surface area contributed by atoms with Crippen LogP contribution in [0.5, 0.6) is 0 Å². The number of hydrogen-bond acceptors (Lipinski definition) is 2. The van der Waals surface area contributed by atoms with Gasteiger partial charge in [0, 0.05) is 13.0 Å². The van der Waals surface area contributed by atoms with Crippen LogP contribution in [0, 0.1) is 11.8 Å². The minimum atomic E-state index is -0.226. The number of rotatable bonds is 3. The molecule has 4 heteroatoms. The Hall–Kier alpha value is -0.280. The SMILES string of the molecule is CC(C)(I)NC(=O)C#CCCN1CCCCC1. The van der Waals surface area contributed by atoms with E-state index in [2.05, 4.69) is 44.6 Å². The van der Waals surface area contributed by atoms with Crippen molar-refractivity contribution in [3.63, 3.8) is 0 Å². The summed E-state index contributed by atoms with van der Waals surface area (Å²) in [6, 6.07) is 0. The highest BCUT2D eigenvalue weighted by Gasteiger charge is 2.13. The van der Waals surface area contributed by atoms with Crippen molar-refractivity contribution in [3.8, 4) is 11.8 Å². The molecule has 0 aromatic carbocycles. The Kier molecular flexibility index (Phi) is 6.28. The average molecular weight is 348 g/mol. The van der Waals surface area contributed by atoms with Crippen molar-refractivity contribution < 1.29 is 4.79 Å². The molecule has 0 radical (unpaired) electrons. The number of nitrogens with zero attached hydrogens (tertiary/aromatic N) is 1. The van der Waals surface area contributed by atoms with E-state index in [4.69, 9.17) is 0 Å². The van der Waals surface area contributed by atoms with E-state index in [9.17, 15) is 4.79 Å². The van der Waals surface area contributed by atoms with Gasteiger partial charge < -0.3 is 10.2 Å². The molecule has 0 atom stereocenters. The summed E-state index contributed by atoms with van der Waals surface area (Å²) in [6.45, 7) is 7.26. The molecule has 96 valence electrons. The molecule has 0 unspecified atom stereocenters. The van der Waals surface area contributed by atoms with Crippen molar-refractivity contribution >= 4 is 28.5 Å². The molecular weight excluding hydrogens is 327 g/mol. The van der Waals surface area contributed by atoms with Crippen LogP contribution in [0.4, 0.5) is 0 Å². The van der Waals surface area contributed by atoms with Crippen LogP contribution in [0.3, 0.4) is 0 Å². The Labute approximate surface area is 118 Å². The minimum absolute atomic E-state index is 0.178. The normalized spacial score (nSPS) is 17.1. The molecule has 17 heavy (non-hydrogen) atoms. The first-order valence-electron chi connectivity index (χ1n) is 6.20. The maximum Gasteiger partial charge on any atom is 0.296 e. The van der Waals surface area contributed by atoms with E-state index in [1.807, 2.05) is 13.8 Å². The molecule has 1 saturated heterocycles. The summed E-state index contributed by atoms with van der Waals surface area (Å²) >= 11 is 2.18. The first kappa shape index (κ1) is 14.8. The molecule has 1 fully saturated rings. The largest absolute Gasteiger partial charge is 0.331 e. The second kappa shape index (κ2) is 7.22. The molecule has 0 spiro atoms. The summed E-state index contributed by atoms with van der Waals surface area (Å²) in [7, 11) is 0. The molecule has 0 aromatic rings. The molecule has 1 amide bonds. The summed E-state index contributed by atoms with van der Waals surface area (Å²) in [5, 5.41) is 2.82. The van der Waals surface area contributed by atoms with Crippen molar-refractivity contribution in [1.29, 1.82) is 0 Å². The molecule has 0 bridgehead atoms. The van der Waals surface area contributed by atoms with Crippen molar-refractivity contribution in [1.82, 2.24) is 10.2 Å². The number of halogens is 1. The lowest BCUT2D eigenvalue weighted by Crippen LogP contribution is -2.37. The highest BCUT2D eigenvalue weighted by molar-refractivity contribution is 14.1. The molecular formula is C13H21IN2O. The molecule has 0 aromatic heterocycles. The Morgan fingerprint density at radius 1 is 1.35 bits per heavy atom. The third-order valence-electron chi connectivity index (χ3n) is 2.61. The Morgan fingerprint density at radius 2 is 2.00 bits per heavy atom. The van der Waals surface area contributed by atoms with Gasteiger partial charge in [-0.15, -0.1) is 0 Å². The summed E-state index contributed by atoms with van der Waals surface area (Å²) in [4.78, 5) is 13.8. The Balaban J connectivity index is 2.19. The van der Waals surface area contributed by atoms with Gasteiger partial charge in [0.25, 0.3) is 5.91 Å². The van der Waals surface area contributed by atoms with Crippen LogP contribution >= 0.6 is 22.6 Å². The number of piperidine rings is 1. The number of hydrogen-bond donors (Lipinski definition) is 1. The monoisotopic (exact) mass is 348 g/mol. The second-order valence-corrected chi connectivity index (χ2v) is 7.58. The average Bonchev–Trinajstić information content (AvgIpc) is 2.23. The van der Waals surface area contributed by atoms with E-state index >= 15 is 0 Å². The van der Waals surface area contributed by atoms with Gasteiger partial charge in [-0.05, 0) is 45.7 Å². The van der Waals surface area contributed by atoms with Gasteiger partial charge in [-0.3, -0.25) is 4.79 Å². The number of likely N-dealkylation sites (tertiary alicyclic amines) is 1. The number of alkyl halides is 1. The fraction of sp³-hybridized carbons (Fsp3) is 0.769. The van der Waals surface area contributed by atoms with E-state index in [0.717, 1.165) is 13.0 Å². The number of nitrogens with one attached hydrogen (secondary N) is 1. The van der Waals surface area contributed by atoms with Crippen LogP contribution in [0.2, 0.25) is 0 Å². The van der Waals surface area contributed by atoms with E-state index in [1.165, 1.54) is 32.4 Å². The van der Waals surface area contributed by atoms with Gasteiger partial charge in [0.05, 0.1) is 3.55 Å². The quantitative estimate of drug-likeness (QED) is 0.367. The maximum absolute atomic E-state index is 11.4. The zero-order valence-corrected chi connectivity index (χ0v) is 12.8. The first-order chi connectivity index (χ1) is 7.97. The lowest BCUT2D eigenvalue weighted by atomic mass is 10.1. The van der Waals surface area contributed by atoms with E-state index in [-0.39, 0.29) is 9.45 Å².